The molecule has 1 unspecified atom stereocenters. The second-order valence-corrected chi connectivity index (χ2v) is 5.00. The molecule has 3 N–H and O–H groups in total. The van der Waals surface area contributed by atoms with Crippen LogP contribution in [-0.4, -0.2) is 43.7 Å². The van der Waals surface area contributed by atoms with Crippen LogP contribution in [0.25, 0.3) is 0 Å². The first-order valence-electron chi connectivity index (χ1n) is 6.23. The fourth-order valence-electron chi connectivity index (χ4n) is 2.40. The van der Waals surface area contributed by atoms with Crippen LogP contribution in [0.15, 0.2) is 15.7 Å². The van der Waals surface area contributed by atoms with Crippen LogP contribution in [0.5, 0.6) is 0 Å². The van der Waals surface area contributed by atoms with Crippen LogP contribution < -0.4 is 11.2 Å². The highest BCUT2D eigenvalue weighted by atomic mass is 19.1. The largest absolute Gasteiger partial charge is 0.391 e. The number of hydrogen-bond donors (Lipinski definition) is 3. The van der Waals surface area contributed by atoms with Gasteiger partial charge in [0.1, 0.15) is 12.2 Å². The third-order valence-electron chi connectivity index (χ3n) is 3.49. The van der Waals surface area contributed by atoms with Gasteiger partial charge in [-0.2, -0.15) is 0 Å². The fraction of sp³-hybridized carbons (Fsp3) is 0.538. The molecule has 2 rings (SSSR count). The second kappa shape index (κ2) is 5.11. The van der Waals surface area contributed by atoms with Gasteiger partial charge in [0.2, 0.25) is 5.67 Å². The molecule has 1 aliphatic rings. The summed E-state index contributed by atoms with van der Waals surface area (Å²) in [6.07, 6.45) is -0.819. The zero-order chi connectivity index (χ0) is 15.9. The molecule has 0 aliphatic carbocycles. The second-order valence-electron chi connectivity index (χ2n) is 5.00. The van der Waals surface area contributed by atoms with Gasteiger partial charge in [-0.25, -0.2) is 9.18 Å². The number of aryl methyl sites for hydroxylation is 1. The summed E-state index contributed by atoms with van der Waals surface area (Å²) in [5.74, 6) is 1.79. The molecule has 0 saturated carbocycles. The van der Waals surface area contributed by atoms with Gasteiger partial charge in [0.05, 0.1) is 6.10 Å². The van der Waals surface area contributed by atoms with E-state index in [1.807, 2.05) is 4.98 Å². The average Bonchev–Trinajstić information content (AvgIpc) is 2.63. The maximum absolute atomic E-state index is 14.9. The summed E-state index contributed by atoms with van der Waals surface area (Å²) >= 11 is 0. The summed E-state index contributed by atoms with van der Waals surface area (Å²) in [6, 6.07) is 1.07. The van der Waals surface area contributed by atoms with E-state index >= 15 is 0 Å². The normalized spacial score (nSPS) is 33.6. The Balaban J connectivity index is 2.61. The molecule has 7 nitrogen and oxygen atoms in total. The molecular weight excluding hydrogens is 283 g/mol. The van der Waals surface area contributed by atoms with Gasteiger partial charge in [-0.05, 0) is 13.8 Å². The number of alkyl halides is 1. The predicted molar refractivity (Wildman–Crippen MR) is 70.3 cm³/mol. The number of aromatic nitrogens is 2. The molecule has 2 heterocycles. The number of halogens is 1. The van der Waals surface area contributed by atoms with Crippen molar-refractivity contribution in [3.63, 3.8) is 0 Å². The van der Waals surface area contributed by atoms with E-state index in [0.717, 1.165) is 10.6 Å². The van der Waals surface area contributed by atoms with E-state index in [0.29, 0.717) is 0 Å². The van der Waals surface area contributed by atoms with E-state index in [9.17, 15) is 24.2 Å². The lowest BCUT2D eigenvalue weighted by Gasteiger charge is -2.25. The smallest absolute Gasteiger partial charge is 0.330 e. The van der Waals surface area contributed by atoms with E-state index < -0.39 is 41.5 Å². The van der Waals surface area contributed by atoms with Crippen LogP contribution in [0.3, 0.4) is 0 Å². The Kier molecular flexibility index (Phi) is 3.76. The summed E-state index contributed by atoms with van der Waals surface area (Å²) in [5, 5.41) is 19.5. The molecule has 5 atom stereocenters. The van der Waals surface area contributed by atoms with Gasteiger partial charge >= 0.3 is 5.69 Å². The number of aromatic amines is 1. The van der Waals surface area contributed by atoms with E-state index in [1.165, 1.54) is 13.8 Å². The van der Waals surface area contributed by atoms with Crippen LogP contribution in [0.4, 0.5) is 4.39 Å². The SMILES string of the molecule is C#CC1(F)[C@@H](O)[C@@H]([C@H](C)O)O[C@H]1n1c(C)cc(=O)[nH]c1=O. The van der Waals surface area contributed by atoms with Crippen molar-refractivity contribution in [2.24, 2.45) is 0 Å². The van der Waals surface area contributed by atoms with Crippen LogP contribution in [0.1, 0.15) is 18.8 Å². The lowest BCUT2D eigenvalue weighted by atomic mass is 9.95. The third-order valence-corrected chi connectivity index (χ3v) is 3.49. The van der Waals surface area contributed by atoms with Gasteiger partial charge < -0.3 is 14.9 Å². The van der Waals surface area contributed by atoms with Crippen LogP contribution in [-0.2, 0) is 4.74 Å². The Morgan fingerprint density at radius 2 is 2.24 bits per heavy atom. The van der Waals surface area contributed by atoms with E-state index in [2.05, 4.69) is 0 Å². The Hall–Kier alpha value is -1.95. The number of ether oxygens (including phenoxy) is 1. The Morgan fingerprint density at radius 1 is 1.62 bits per heavy atom. The minimum atomic E-state index is -2.71. The number of nitrogens with zero attached hydrogens (tertiary/aromatic N) is 1. The van der Waals surface area contributed by atoms with Gasteiger partial charge in [0, 0.05) is 11.8 Å². The van der Waals surface area contributed by atoms with Crippen molar-refractivity contribution >= 4 is 0 Å². The van der Waals surface area contributed by atoms with Gasteiger partial charge in [-0.1, -0.05) is 5.92 Å². The quantitative estimate of drug-likeness (QED) is 0.597. The molecular formula is C13H15FN2O5. The number of H-pyrrole nitrogens is 1. The zero-order valence-corrected chi connectivity index (χ0v) is 11.4. The maximum atomic E-state index is 14.9. The molecule has 0 aromatic carbocycles. The Bertz CT molecular complexity index is 704. The number of terminal acetylenes is 1. The molecule has 1 aromatic heterocycles. The van der Waals surface area contributed by atoms with E-state index in [1.54, 1.807) is 5.92 Å². The van der Waals surface area contributed by atoms with Crippen molar-refractivity contribution in [1.82, 2.24) is 9.55 Å². The highest BCUT2D eigenvalue weighted by Crippen LogP contribution is 2.41. The monoisotopic (exact) mass is 298 g/mol. The number of aliphatic hydroxyl groups is 2. The topological polar surface area (TPSA) is 105 Å². The lowest BCUT2D eigenvalue weighted by Crippen LogP contribution is -2.46. The average molecular weight is 298 g/mol. The molecule has 1 aliphatic heterocycles. The number of rotatable bonds is 2. The first-order chi connectivity index (χ1) is 9.72. The molecule has 114 valence electrons. The van der Waals surface area contributed by atoms with Gasteiger partial charge in [0.25, 0.3) is 5.56 Å². The molecule has 0 radical (unpaired) electrons. The standard InChI is InChI=1S/C13H15FN2O5/c1-4-13(14)10(19)9(7(3)17)21-11(13)16-6(2)5-8(18)15-12(16)20/h1,5,7,9-11,17,19H,2-3H3,(H,15,18,20)/t7-,9+,10-,11+,13?/m0/s1. The first-order valence-corrected chi connectivity index (χ1v) is 6.23. The van der Waals surface area contributed by atoms with Gasteiger partial charge in [-0.3, -0.25) is 14.3 Å². The molecule has 0 spiro atoms. The van der Waals surface area contributed by atoms with Gasteiger partial charge in [-0.15, -0.1) is 6.42 Å². The summed E-state index contributed by atoms with van der Waals surface area (Å²) in [6.45, 7) is 2.70. The number of hydrogen-bond acceptors (Lipinski definition) is 5. The van der Waals surface area contributed by atoms with Crippen molar-refractivity contribution < 1.29 is 19.3 Å². The Morgan fingerprint density at radius 3 is 2.71 bits per heavy atom. The zero-order valence-electron chi connectivity index (χ0n) is 11.4. The van der Waals surface area contributed by atoms with Crippen molar-refractivity contribution in [1.29, 1.82) is 0 Å². The minimum absolute atomic E-state index is 0.115. The number of nitrogens with one attached hydrogen (secondary N) is 1. The van der Waals surface area contributed by atoms with E-state index in [-0.39, 0.29) is 5.69 Å². The fourth-order valence-corrected chi connectivity index (χ4v) is 2.40. The summed E-state index contributed by atoms with van der Waals surface area (Å²) < 4.78 is 20.9. The van der Waals surface area contributed by atoms with Crippen molar-refractivity contribution in [3.05, 3.63) is 32.6 Å². The van der Waals surface area contributed by atoms with Crippen LogP contribution >= 0.6 is 0 Å². The van der Waals surface area contributed by atoms with Gasteiger partial charge in [0.15, 0.2) is 6.23 Å². The summed E-state index contributed by atoms with van der Waals surface area (Å²) in [5.41, 5.74) is -4.16. The highest BCUT2D eigenvalue weighted by molar-refractivity contribution is 5.21. The molecule has 21 heavy (non-hydrogen) atoms. The van der Waals surface area contributed by atoms with Crippen LogP contribution in [0.2, 0.25) is 0 Å². The van der Waals surface area contributed by atoms with Crippen LogP contribution in [0, 0.1) is 19.3 Å². The van der Waals surface area contributed by atoms with E-state index in [4.69, 9.17) is 11.2 Å². The minimum Gasteiger partial charge on any atom is -0.391 e. The Labute approximate surface area is 119 Å². The molecule has 0 bridgehead atoms. The lowest BCUT2D eigenvalue weighted by molar-refractivity contribution is -0.0809. The maximum Gasteiger partial charge on any atom is 0.330 e. The number of aliphatic hydroxyl groups excluding tert-OH is 2. The molecule has 0 amide bonds. The predicted octanol–water partition coefficient (Wildman–Crippen LogP) is -1.17. The first kappa shape index (κ1) is 15.4. The molecule has 1 fully saturated rings. The summed E-state index contributed by atoms with van der Waals surface area (Å²) in [4.78, 5) is 25.1. The van der Waals surface area contributed by atoms with Crippen molar-refractivity contribution in [2.75, 3.05) is 0 Å². The molecule has 1 saturated heterocycles. The van der Waals surface area contributed by atoms with Crippen molar-refractivity contribution in [2.45, 2.75) is 44.1 Å². The third kappa shape index (κ3) is 2.29. The molecule has 8 heteroatoms. The highest BCUT2D eigenvalue weighted by Gasteiger charge is 2.59. The summed E-state index contributed by atoms with van der Waals surface area (Å²) in [7, 11) is 0. The molecule has 1 aromatic rings. The van der Waals surface area contributed by atoms with Crippen molar-refractivity contribution in [3.8, 4) is 12.3 Å².